The molecule has 0 aliphatic carbocycles. The van der Waals surface area contributed by atoms with Gasteiger partial charge in [-0.3, -0.25) is 9.59 Å². The Morgan fingerprint density at radius 3 is 2.30 bits per heavy atom. The van der Waals surface area contributed by atoms with Crippen LogP contribution in [0, 0.1) is 6.92 Å². The number of aromatic hydroxyl groups is 1. The van der Waals surface area contributed by atoms with E-state index in [9.17, 15) is 14.7 Å². The molecule has 0 bridgehead atoms. The molecule has 0 unspecified atom stereocenters. The Hall–Kier alpha value is -2.12. The molecule has 4 N–H and O–H groups in total. The van der Waals surface area contributed by atoms with Crippen molar-refractivity contribution in [3.63, 3.8) is 0 Å². The second-order valence-corrected chi connectivity index (χ2v) is 4.21. The van der Waals surface area contributed by atoms with Crippen LogP contribution in [0.1, 0.15) is 5.56 Å². The van der Waals surface area contributed by atoms with Crippen molar-refractivity contribution < 1.29 is 24.9 Å². The van der Waals surface area contributed by atoms with E-state index in [1.807, 2.05) is 0 Å². The van der Waals surface area contributed by atoms with Crippen LogP contribution in [-0.4, -0.2) is 58.3 Å². The van der Waals surface area contributed by atoms with Crippen molar-refractivity contribution in [1.29, 1.82) is 0 Å². The third kappa shape index (κ3) is 4.22. The SMILES string of the molecule is Cc1ccc(NC(=O)C(=O)N(CCO)CCO)c(O)c1. The summed E-state index contributed by atoms with van der Waals surface area (Å²) in [5.74, 6) is -1.96. The highest BCUT2D eigenvalue weighted by Crippen LogP contribution is 2.23. The highest BCUT2D eigenvalue weighted by Gasteiger charge is 2.21. The third-order valence-corrected chi connectivity index (χ3v) is 2.62. The van der Waals surface area contributed by atoms with E-state index in [1.165, 1.54) is 12.1 Å². The van der Waals surface area contributed by atoms with Crippen molar-refractivity contribution in [3.8, 4) is 5.75 Å². The number of phenols is 1. The largest absolute Gasteiger partial charge is 0.506 e. The molecule has 0 spiro atoms. The van der Waals surface area contributed by atoms with Crippen LogP contribution in [0.2, 0.25) is 0 Å². The van der Waals surface area contributed by atoms with Gasteiger partial charge in [-0.15, -0.1) is 0 Å². The predicted molar refractivity (Wildman–Crippen MR) is 72.2 cm³/mol. The Labute approximate surface area is 116 Å². The van der Waals surface area contributed by atoms with E-state index in [0.717, 1.165) is 10.5 Å². The Bertz CT molecular complexity index is 484. The highest BCUT2D eigenvalue weighted by atomic mass is 16.3. The van der Waals surface area contributed by atoms with Crippen LogP contribution < -0.4 is 5.32 Å². The van der Waals surface area contributed by atoms with Gasteiger partial charge in [0, 0.05) is 13.1 Å². The van der Waals surface area contributed by atoms with E-state index in [2.05, 4.69) is 5.32 Å². The van der Waals surface area contributed by atoms with E-state index in [0.29, 0.717) is 0 Å². The summed E-state index contributed by atoms with van der Waals surface area (Å²) in [5.41, 5.74) is 0.941. The molecule has 0 aliphatic heterocycles. The summed E-state index contributed by atoms with van der Waals surface area (Å²) in [6.45, 7) is 1.06. The average molecular weight is 282 g/mol. The molecule has 20 heavy (non-hydrogen) atoms. The van der Waals surface area contributed by atoms with E-state index in [-0.39, 0.29) is 37.7 Å². The van der Waals surface area contributed by atoms with Crippen LogP contribution in [0.25, 0.3) is 0 Å². The number of phenolic OH excluding ortho intramolecular Hbond substituents is 1. The number of hydrogen-bond donors (Lipinski definition) is 4. The molecule has 0 saturated heterocycles. The average Bonchev–Trinajstić information content (AvgIpc) is 2.40. The zero-order chi connectivity index (χ0) is 15.1. The van der Waals surface area contributed by atoms with Crippen molar-refractivity contribution in [2.24, 2.45) is 0 Å². The van der Waals surface area contributed by atoms with Crippen molar-refractivity contribution in [2.45, 2.75) is 6.92 Å². The molecule has 1 aromatic rings. The van der Waals surface area contributed by atoms with Gasteiger partial charge in [-0.05, 0) is 24.6 Å². The van der Waals surface area contributed by atoms with Gasteiger partial charge in [-0.1, -0.05) is 6.07 Å². The maximum absolute atomic E-state index is 11.8. The molecular formula is C13H18N2O5. The molecule has 0 atom stereocenters. The summed E-state index contributed by atoms with van der Waals surface area (Å²) < 4.78 is 0. The summed E-state index contributed by atoms with van der Waals surface area (Å²) >= 11 is 0. The fourth-order valence-electron chi connectivity index (χ4n) is 1.62. The number of anilines is 1. The van der Waals surface area contributed by atoms with Crippen molar-refractivity contribution in [3.05, 3.63) is 23.8 Å². The van der Waals surface area contributed by atoms with Gasteiger partial charge >= 0.3 is 11.8 Å². The molecule has 0 aromatic heterocycles. The molecule has 1 aromatic carbocycles. The van der Waals surface area contributed by atoms with Gasteiger partial charge < -0.3 is 25.5 Å². The third-order valence-electron chi connectivity index (χ3n) is 2.62. The summed E-state index contributed by atoms with van der Waals surface area (Å²) in [6, 6.07) is 4.62. The number of carbonyl (C=O) groups excluding carboxylic acids is 2. The molecule has 110 valence electrons. The number of benzene rings is 1. The van der Waals surface area contributed by atoms with Crippen LogP contribution in [-0.2, 0) is 9.59 Å². The molecular weight excluding hydrogens is 264 g/mol. The lowest BCUT2D eigenvalue weighted by Crippen LogP contribution is -2.42. The number of nitrogens with zero attached hydrogens (tertiary/aromatic N) is 1. The van der Waals surface area contributed by atoms with Crippen LogP contribution >= 0.6 is 0 Å². The zero-order valence-corrected chi connectivity index (χ0v) is 11.2. The second-order valence-electron chi connectivity index (χ2n) is 4.21. The minimum absolute atomic E-state index is 0.0489. The monoisotopic (exact) mass is 282 g/mol. The number of aryl methyl sites for hydroxylation is 1. The van der Waals surface area contributed by atoms with Crippen LogP contribution in [0.3, 0.4) is 0 Å². The number of carbonyl (C=O) groups is 2. The highest BCUT2D eigenvalue weighted by molar-refractivity contribution is 6.39. The van der Waals surface area contributed by atoms with Gasteiger partial charge in [-0.2, -0.15) is 0 Å². The maximum atomic E-state index is 11.8. The van der Waals surface area contributed by atoms with Gasteiger partial charge in [0.1, 0.15) is 5.75 Å². The summed E-state index contributed by atoms with van der Waals surface area (Å²) in [4.78, 5) is 24.6. The van der Waals surface area contributed by atoms with Crippen molar-refractivity contribution >= 4 is 17.5 Å². The fraction of sp³-hybridized carbons (Fsp3) is 0.385. The Kier molecular flexibility index (Phi) is 5.95. The lowest BCUT2D eigenvalue weighted by molar-refractivity contribution is -0.143. The van der Waals surface area contributed by atoms with Crippen LogP contribution in [0.4, 0.5) is 5.69 Å². The quantitative estimate of drug-likeness (QED) is 0.428. The summed E-state index contributed by atoms with van der Waals surface area (Å²) in [5, 5.41) is 29.6. The first-order chi connectivity index (χ1) is 9.49. The first-order valence-electron chi connectivity index (χ1n) is 6.11. The Balaban J connectivity index is 2.76. The molecule has 2 amide bonds. The zero-order valence-electron chi connectivity index (χ0n) is 11.2. The molecule has 0 heterocycles. The lowest BCUT2D eigenvalue weighted by Gasteiger charge is -2.20. The molecule has 7 heteroatoms. The minimum atomic E-state index is -0.939. The van der Waals surface area contributed by atoms with Crippen molar-refractivity contribution in [2.75, 3.05) is 31.6 Å². The number of nitrogens with one attached hydrogen (secondary N) is 1. The fourth-order valence-corrected chi connectivity index (χ4v) is 1.62. The van der Waals surface area contributed by atoms with Gasteiger partial charge in [-0.25, -0.2) is 0 Å². The standard InChI is InChI=1S/C13H18N2O5/c1-9-2-3-10(11(18)8-9)14-12(19)13(20)15(4-6-16)5-7-17/h2-3,8,16-18H,4-7H2,1H3,(H,14,19). The molecule has 0 fully saturated rings. The Morgan fingerprint density at radius 2 is 1.80 bits per heavy atom. The van der Waals surface area contributed by atoms with Crippen LogP contribution in [0.5, 0.6) is 5.75 Å². The smallest absolute Gasteiger partial charge is 0.314 e. The maximum Gasteiger partial charge on any atom is 0.314 e. The number of amides is 2. The molecule has 0 radical (unpaired) electrons. The van der Waals surface area contributed by atoms with Gasteiger partial charge in [0.05, 0.1) is 18.9 Å². The first-order valence-corrected chi connectivity index (χ1v) is 6.11. The Morgan fingerprint density at radius 1 is 1.20 bits per heavy atom. The normalized spacial score (nSPS) is 10.2. The number of hydrogen-bond acceptors (Lipinski definition) is 5. The van der Waals surface area contributed by atoms with E-state index >= 15 is 0 Å². The topological polar surface area (TPSA) is 110 Å². The molecule has 0 saturated carbocycles. The predicted octanol–water partition coefficient (Wildman–Crippen LogP) is -0.548. The van der Waals surface area contributed by atoms with Crippen molar-refractivity contribution in [1.82, 2.24) is 4.90 Å². The molecule has 1 rings (SSSR count). The minimum Gasteiger partial charge on any atom is -0.506 e. The number of aliphatic hydroxyl groups is 2. The summed E-state index contributed by atoms with van der Waals surface area (Å²) in [7, 11) is 0. The molecule has 7 nitrogen and oxygen atoms in total. The van der Waals surface area contributed by atoms with Gasteiger partial charge in [0.25, 0.3) is 0 Å². The summed E-state index contributed by atoms with van der Waals surface area (Å²) in [6.07, 6.45) is 0. The number of aliphatic hydroxyl groups excluding tert-OH is 2. The second kappa shape index (κ2) is 7.46. The lowest BCUT2D eigenvalue weighted by atomic mass is 10.2. The van der Waals surface area contributed by atoms with Gasteiger partial charge in [0.2, 0.25) is 0 Å². The molecule has 0 aliphatic rings. The van der Waals surface area contributed by atoms with Gasteiger partial charge in [0.15, 0.2) is 0 Å². The van der Waals surface area contributed by atoms with E-state index < -0.39 is 11.8 Å². The van der Waals surface area contributed by atoms with Crippen LogP contribution in [0.15, 0.2) is 18.2 Å². The first kappa shape index (κ1) is 15.9. The van der Waals surface area contributed by atoms with E-state index in [4.69, 9.17) is 10.2 Å². The van der Waals surface area contributed by atoms with E-state index in [1.54, 1.807) is 13.0 Å². The number of rotatable bonds is 5.